The van der Waals surface area contributed by atoms with Gasteiger partial charge in [-0.1, -0.05) is 66.2 Å². The molecule has 0 saturated heterocycles. The van der Waals surface area contributed by atoms with Crippen molar-refractivity contribution in [3.05, 3.63) is 69.7 Å². The monoisotopic (exact) mass is 316 g/mol. The third kappa shape index (κ3) is 3.77. The van der Waals surface area contributed by atoms with Crippen LogP contribution in [0.3, 0.4) is 0 Å². The third-order valence-electron chi connectivity index (χ3n) is 3.16. The van der Waals surface area contributed by atoms with Gasteiger partial charge < -0.3 is 0 Å². The van der Waals surface area contributed by atoms with Gasteiger partial charge >= 0.3 is 0 Å². The predicted molar refractivity (Wildman–Crippen MR) is 82.7 cm³/mol. The van der Waals surface area contributed by atoms with E-state index in [1.165, 1.54) is 5.56 Å². The van der Waals surface area contributed by atoms with Gasteiger partial charge in [-0.3, -0.25) is 4.79 Å². The summed E-state index contributed by atoms with van der Waals surface area (Å²) in [6, 6.07) is 15.8. The van der Waals surface area contributed by atoms with Crippen LogP contribution in [0.2, 0.25) is 0 Å². The summed E-state index contributed by atoms with van der Waals surface area (Å²) in [6.07, 6.45) is 0.453. The van der Waals surface area contributed by atoms with Crippen LogP contribution < -0.4 is 0 Å². The average Bonchev–Trinajstić information content (AvgIpc) is 2.39. The van der Waals surface area contributed by atoms with Gasteiger partial charge in [0.15, 0.2) is 5.78 Å². The first kappa shape index (κ1) is 14.0. The van der Waals surface area contributed by atoms with E-state index in [0.29, 0.717) is 12.3 Å². The van der Waals surface area contributed by atoms with E-state index in [4.69, 9.17) is 0 Å². The highest BCUT2D eigenvalue weighted by Gasteiger charge is 2.08. The molecule has 0 aliphatic heterocycles. The van der Waals surface area contributed by atoms with Gasteiger partial charge in [-0.05, 0) is 29.2 Å². The first-order valence-corrected chi connectivity index (χ1v) is 7.23. The molecule has 2 aromatic rings. The van der Waals surface area contributed by atoms with Crippen LogP contribution in [-0.2, 0) is 6.42 Å². The number of ketones is 1. The van der Waals surface area contributed by atoms with Crippen molar-refractivity contribution in [1.29, 1.82) is 0 Å². The van der Waals surface area contributed by atoms with Gasteiger partial charge in [0.2, 0.25) is 0 Å². The Morgan fingerprint density at radius 2 is 1.79 bits per heavy atom. The van der Waals surface area contributed by atoms with Crippen LogP contribution in [-0.4, -0.2) is 5.78 Å². The van der Waals surface area contributed by atoms with Crippen LogP contribution in [0.5, 0.6) is 0 Å². The molecule has 0 aliphatic rings. The topological polar surface area (TPSA) is 17.1 Å². The Labute approximate surface area is 122 Å². The van der Waals surface area contributed by atoms with E-state index in [1.807, 2.05) is 36.4 Å². The largest absolute Gasteiger partial charge is 0.294 e. The van der Waals surface area contributed by atoms with Crippen LogP contribution in [0.4, 0.5) is 0 Å². The van der Waals surface area contributed by atoms with Crippen LogP contribution in [0.25, 0.3) is 0 Å². The second-order valence-electron chi connectivity index (χ2n) is 5.01. The maximum Gasteiger partial charge on any atom is 0.167 e. The smallest absolute Gasteiger partial charge is 0.167 e. The Hall–Kier alpha value is -1.41. The Morgan fingerprint density at radius 3 is 2.37 bits per heavy atom. The highest BCUT2D eigenvalue weighted by molar-refractivity contribution is 9.10. The molecule has 19 heavy (non-hydrogen) atoms. The van der Waals surface area contributed by atoms with Gasteiger partial charge in [0, 0.05) is 16.5 Å². The normalized spacial score (nSPS) is 10.7. The molecule has 0 radical (unpaired) electrons. The van der Waals surface area contributed by atoms with Crippen LogP contribution in [0, 0.1) is 0 Å². The number of Topliss-reactive ketones (excluding diaryl/α,β-unsaturated/α-hetero) is 1. The lowest BCUT2D eigenvalue weighted by molar-refractivity contribution is 0.0993. The zero-order valence-corrected chi connectivity index (χ0v) is 12.8. The maximum atomic E-state index is 12.2. The molecule has 0 N–H and O–H groups in total. The fourth-order valence-corrected chi connectivity index (χ4v) is 2.37. The zero-order chi connectivity index (χ0) is 13.8. The Kier molecular flexibility index (Phi) is 4.54. The van der Waals surface area contributed by atoms with Crippen molar-refractivity contribution < 1.29 is 4.79 Å². The van der Waals surface area contributed by atoms with Crippen molar-refractivity contribution in [2.24, 2.45) is 0 Å². The van der Waals surface area contributed by atoms with E-state index in [2.05, 4.69) is 41.9 Å². The Balaban J connectivity index is 2.10. The molecule has 1 nitrogen and oxygen atoms in total. The lowest BCUT2D eigenvalue weighted by Gasteiger charge is -2.07. The van der Waals surface area contributed by atoms with E-state index < -0.39 is 0 Å². The molecule has 2 heteroatoms. The number of rotatable bonds is 4. The van der Waals surface area contributed by atoms with E-state index in [1.54, 1.807) is 0 Å². The summed E-state index contributed by atoms with van der Waals surface area (Å²) in [5, 5.41) is 0. The van der Waals surface area contributed by atoms with Gasteiger partial charge in [0.25, 0.3) is 0 Å². The van der Waals surface area contributed by atoms with Crippen molar-refractivity contribution in [2.75, 3.05) is 0 Å². The molecule has 0 aromatic heterocycles. The van der Waals surface area contributed by atoms with Crippen LogP contribution in [0.15, 0.2) is 53.0 Å². The molecule has 0 saturated carbocycles. The van der Waals surface area contributed by atoms with Crippen LogP contribution >= 0.6 is 15.9 Å². The molecule has 0 aliphatic carbocycles. The second-order valence-corrected chi connectivity index (χ2v) is 5.92. The molecule has 0 atom stereocenters. The third-order valence-corrected chi connectivity index (χ3v) is 3.65. The Bertz CT molecular complexity index is 570. The highest BCUT2D eigenvalue weighted by atomic mass is 79.9. The molecule has 0 unspecified atom stereocenters. The number of benzene rings is 2. The number of hydrogen-bond acceptors (Lipinski definition) is 1. The minimum Gasteiger partial charge on any atom is -0.294 e. The fourth-order valence-electron chi connectivity index (χ4n) is 1.97. The summed E-state index contributed by atoms with van der Waals surface area (Å²) in [4.78, 5) is 12.2. The van der Waals surface area contributed by atoms with Gasteiger partial charge in [-0.2, -0.15) is 0 Å². The Morgan fingerprint density at radius 1 is 1.11 bits per heavy atom. The first-order valence-electron chi connectivity index (χ1n) is 6.44. The molecular formula is C17H17BrO. The van der Waals surface area contributed by atoms with Crippen molar-refractivity contribution >= 4 is 21.7 Å². The lowest BCUT2D eigenvalue weighted by atomic mass is 9.98. The van der Waals surface area contributed by atoms with Gasteiger partial charge in [-0.25, -0.2) is 0 Å². The van der Waals surface area contributed by atoms with E-state index >= 15 is 0 Å². The quantitative estimate of drug-likeness (QED) is 0.725. The fraction of sp³-hybridized carbons (Fsp3) is 0.235. The molecule has 0 amide bonds. The molecular weight excluding hydrogens is 300 g/mol. The van der Waals surface area contributed by atoms with Crippen molar-refractivity contribution in [2.45, 2.75) is 26.2 Å². The molecule has 2 aromatic carbocycles. The lowest BCUT2D eigenvalue weighted by Crippen LogP contribution is -2.03. The van der Waals surface area contributed by atoms with Gasteiger partial charge in [0.1, 0.15) is 0 Å². The molecule has 0 bridgehead atoms. The highest BCUT2D eigenvalue weighted by Crippen LogP contribution is 2.17. The summed E-state index contributed by atoms with van der Waals surface area (Å²) in [6.45, 7) is 4.34. The van der Waals surface area contributed by atoms with Gasteiger partial charge in [-0.15, -0.1) is 0 Å². The number of halogens is 1. The minimum absolute atomic E-state index is 0.151. The van der Waals surface area contributed by atoms with E-state index in [-0.39, 0.29) is 5.78 Å². The van der Waals surface area contributed by atoms with Crippen molar-refractivity contribution in [3.8, 4) is 0 Å². The van der Waals surface area contributed by atoms with Crippen LogP contribution in [0.1, 0.15) is 41.3 Å². The average molecular weight is 317 g/mol. The molecule has 2 rings (SSSR count). The maximum absolute atomic E-state index is 12.2. The SMILES string of the molecule is CC(C)c1ccc(CC(=O)c2cccc(Br)c2)cc1. The van der Waals surface area contributed by atoms with Crippen molar-refractivity contribution in [1.82, 2.24) is 0 Å². The van der Waals surface area contributed by atoms with E-state index in [9.17, 15) is 4.79 Å². The van der Waals surface area contributed by atoms with Crippen molar-refractivity contribution in [3.63, 3.8) is 0 Å². The molecule has 0 heterocycles. The summed E-state index contributed by atoms with van der Waals surface area (Å²) < 4.78 is 0.938. The zero-order valence-electron chi connectivity index (χ0n) is 11.2. The first-order chi connectivity index (χ1) is 9.06. The predicted octanol–water partition coefficient (Wildman–Crippen LogP) is 5.00. The number of carbonyl (C=O) groups excluding carboxylic acids is 1. The van der Waals surface area contributed by atoms with Gasteiger partial charge in [0.05, 0.1) is 0 Å². The summed E-state index contributed by atoms with van der Waals surface area (Å²) in [7, 11) is 0. The number of hydrogen-bond donors (Lipinski definition) is 0. The molecule has 98 valence electrons. The minimum atomic E-state index is 0.151. The number of carbonyl (C=O) groups is 1. The summed E-state index contributed by atoms with van der Waals surface area (Å²) >= 11 is 3.39. The van der Waals surface area contributed by atoms with E-state index in [0.717, 1.165) is 15.6 Å². The molecule has 0 spiro atoms. The summed E-state index contributed by atoms with van der Waals surface area (Å²) in [5.74, 6) is 0.674. The second kappa shape index (κ2) is 6.16. The standard InChI is InChI=1S/C17H17BrO/c1-12(2)14-8-6-13(7-9-14)10-17(19)15-4-3-5-16(18)11-15/h3-9,11-12H,10H2,1-2H3. The molecule has 0 fully saturated rings. The summed E-state index contributed by atoms with van der Waals surface area (Å²) in [5.41, 5.74) is 3.12.